The van der Waals surface area contributed by atoms with Gasteiger partial charge in [-0.15, -0.1) is 0 Å². The summed E-state index contributed by atoms with van der Waals surface area (Å²) < 4.78 is 10.8. The molecular formula is C22H35N3O4. The summed E-state index contributed by atoms with van der Waals surface area (Å²) in [5.74, 6) is 0.687. The molecule has 2 amide bonds. The van der Waals surface area contributed by atoms with E-state index in [1.165, 1.54) is 12.8 Å². The number of hydrogen-bond donors (Lipinski definition) is 0. The van der Waals surface area contributed by atoms with E-state index >= 15 is 0 Å². The summed E-state index contributed by atoms with van der Waals surface area (Å²) in [5.41, 5.74) is 0. The van der Waals surface area contributed by atoms with Gasteiger partial charge in [-0.1, -0.05) is 26.2 Å². The van der Waals surface area contributed by atoms with Crippen molar-refractivity contribution in [3.05, 3.63) is 24.2 Å². The second-order valence-electron chi connectivity index (χ2n) is 8.09. The van der Waals surface area contributed by atoms with Crippen molar-refractivity contribution in [3.63, 3.8) is 0 Å². The number of nitrogens with zero attached hydrogens (tertiary/aromatic N) is 3. The Morgan fingerprint density at radius 3 is 2.76 bits per heavy atom. The minimum atomic E-state index is -0.242. The second kappa shape index (κ2) is 11.4. The van der Waals surface area contributed by atoms with Crippen molar-refractivity contribution in [1.82, 2.24) is 14.7 Å². The fraction of sp³-hybridized carbons (Fsp3) is 0.727. The molecule has 3 rings (SSSR count). The maximum absolute atomic E-state index is 13.3. The van der Waals surface area contributed by atoms with Crippen LogP contribution in [-0.4, -0.2) is 79.0 Å². The zero-order valence-electron chi connectivity index (χ0n) is 17.7. The van der Waals surface area contributed by atoms with Crippen molar-refractivity contribution < 1.29 is 18.7 Å². The first-order valence-electron chi connectivity index (χ1n) is 11.1. The number of morpholine rings is 1. The third kappa shape index (κ3) is 6.57. The Balaban J connectivity index is 1.54. The molecule has 2 aliphatic rings. The minimum absolute atomic E-state index is 0.0406. The molecule has 0 spiro atoms. The molecule has 2 saturated heterocycles. The first-order valence-corrected chi connectivity index (χ1v) is 11.1. The molecule has 7 nitrogen and oxygen atoms in total. The van der Waals surface area contributed by atoms with Crippen LogP contribution >= 0.6 is 0 Å². The SMILES string of the molecule is CCCCCCN(CCN1CCOCC1)C(=O)C1CC(=O)N(Cc2ccco2)C1. The lowest BCUT2D eigenvalue weighted by Gasteiger charge is -2.31. The summed E-state index contributed by atoms with van der Waals surface area (Å²) in [7, 11) is 0. The Labute approximate surface area is 173 Å². The number of likely N-dealkylation sites (tertiary alicyclic amines) is 1. The number of amides is 2. The van der Waals surface area contributed by atoms with Crippen LogP contribution in [0.15, 0.2) is 22.8 Å². The van der Waals surface area contributed by atoms with Crippen molar-refractivity contribution >= 4 is 11.8 Å². The first-order chi connectivity index (χ1) is 14.2. The van der Waals surface area contributed by atoms with Crippen LogP contribution in [0, 0.1) is 5.92 Å². The predicted octanol–water partition coefficient (Wildman–Crippen LogP) is 2.37. The third-order valence-corrected chi connectivity index (χ3v) is 5.87. The quantitative estimate of drug-likeness (QED) is 0.529. The monoisotopic (exact) mass is 405 g/mol. The average Bonchev–Trinajstić information content (AvgIpc) is 3.38. The van der Waals surface area contributed by atoms with Gasteiger partial charge in [0.05, 0.1) is 31.9 Å². The predicted molar refractivity (Wildman–Crippen MR) is 110 cm³/mol. The maximum Gasteiger partial charge on any atom is 0.228 e. The van der Waals surface area contributed by atoms with E-state index in [1.54, 1.807) is 11.2 Å². The Hall–Kier alpha value is -1.86. The van der Waals surface area contributed by atoms with Gasteiger partial charge in [0.1, 0.15) is 5.76 Å². The van der Waals surface area contributed by atoms with Crippen molar-refractivity contribution in [2.75, 3.05) is 52.5 Å². The lowest BCUT2D eigenvalue weighted by Crippen LogP contribution is -2.45. The summed E-state index contributed by atoms with van der Waals surface area (Å²) in [4.78, 5) is 31.8. The van der Waals surface area contributed by atoms with Gasteiger partial charge >= 0.3 is 0 Å². The lowest BCUT2D eigenvalue weighted by atomic mass is 10.1. The molecule has 1 aromatic rings. The zero-order valence-corrected chi connectivity index (χ0v) is 17.7. The largest absolute Gasteiger partial charge is 0.467 e. The minimum Gasteiger partial charge on any atom is -0.467 e. The van der Waals surface area contributed by atoms with Crippen LogP contribution in [0.25, 0.3) is 0 Å². The molecule has 1 unspecified atom stereocenters. The van der Waals surface area contributed by atoms with E-state index in [0.29, 0.717) is 19.5 Å². The number of ether oxygens (including phenoxy) is 1. The highest BCUT2D eigenvalue weighted by atomic mass is 16.5. The van der Waals surface area contributed by atoms with E-state index in [9.17, 15) is 9.59 Å². The Bertz CT molecular complexity index is 628. The van der Waals surface area contributed by atoms with E-state index in [0.717, 1.165) is 64.5 Å². The number of hydrogen-bond acceptors (Lipinski definition) is 5. The second-order valence-corrected chi connectivity index (χ2v) is 8.09. The van der Waals surface area contributed by atoms with Crippen molar-refractivity contribution in [3.8, 4) is 0 Å². The summed E-state index contributed by atoms with van der Waals surface area (Å²) in [6, 6.07) is 3.69. The molecule has 2 fully saturated rings. The normalized spacial score (nSPS) is 20.4. The molecule has 0 N–H and O–H groups in total. The Morgan fingerprint density at radius 1 is 1.21 bits per heavy atom. The summed E-state index contributed by atoms with van der Waals surface area (Å²) in [6.07, 6.45) is 6.47. The highest BCUT2D eigenvalue weighted by Gasteiger charge is 2.36. The molecule has 0 bridgehead atoms. The highest BCUT2D eigenvalue weighted by molar-refractivity contribution is 5.89. The van der Waals surface area contributed by atoms with Gasteiger partial charge in [0.25, 0.3) is 0 Å². The van der Waals surface area contributed by atoms with Crippen molar-refractivity contribution in [2.24, 2.45) is 5.92 Å². The molecule has 0 aliphatic carbocycles. The van der Waals surface area contributed by atoms with Crippen LogP contribution in [0.3, 0.4) is 0 Å². The topological polar surface area (TPSA) is 66.2 Å². The van der Waals surface area contributed by atoms with E-state index in [-0.39, 0.29) is 17.7 Å². The molecule has 0 radical (unpaired) electrons. The van der Waals surface area contributed by atoms with Crippen molar-refractivity contribution in [1.29, 1.82) is 0 Å². The van der Waals surface area contributed by atoms with E-state index in [4.69, 9.17) is 9.15 Å². The van der Waals surface area contributed by atoms with Gasteiger partial charge in [0, 0.05) is 45.7 Å². The molecule has 3 heterocycles. The fourth-order valence-electron chi connectivity index (χ4n) is 4.09. The number of furan rings is 1. The molecule has 29 heavy (non-hydrogen) atoms. The van der Waals surface area contributed by atoms with Gasteiger partial charge < -0.3 is 19.0 Å². The van der Waals surface area contributed by atoms with E-state index in [1.807, 2.05) is 17.0 Å². The Morgan fingerprint density at radius 2 is 2.03 bits per heavy atom. The van der Waals surface area contributed by atoms with Crippen LogP contribution < -0.4 is 0 Å². The van der Waals surface area contributed by atoms with E-state index in [2.05, 4.69) is 11.8 Å². The number of rotatable bonds is 11. The number of carbonyl (C=O) groups excluding carboxylic acids is 2. The van der Waals surface area contributed by atoms with Crippen LogP contribution in [0.4, 0.5) is 0 Å². The lowest BCUT2D eigenvalue weighted by molar-refractivity contribution is -0.136. The molecule has 0 aromatic carbocycles. The maximum atomic E-state index is 13.3. The van der Waals surface area contributed by atoms with Gasteiger partial charge in [-0.3, -0.25) is 14.5 Å². The number of carbonyl (C=O) groups is 2. The van der Waals surface area contributed by atoms with Crippen LogP contribution in [0.2, 0.25) is 0 Å². The van der Waals surface area contributed by atoms with Gasteiger partial charge in [-0.25, -0.2) is 0 Å². The van der Waals surface area contributed by atoms with Gasteiger partial charge in [0.15, 0.2) is 0 Å². The Kier molecular flexibility index (Phi) is 8.55. The fourth-order valence-corrected chi connectivity index (χ4v) is 4.09. The van der Waals surface area contributed by atoms with Gasteiger partial charge in [-0.05, 0) is 18.6 Å². The molecule has 162 valence electrons. The molecule has 1 atom stereocenters. The summed E-state index contributed by atoms with van der Waals surface area (Å²) in [6.45, 7) is 8.90. The molecule has 7 heteroatoms. The highest BCUT2D eigenvalue weighted by Crippen LogP contribution is 2.23. The van der Waals surface area contributed by atoms with E-state index < -0.39 is 0 Å². The zero-order chi connectivity index (χ0) is 20.5. The van der Waals surface area contributed by atoms with Crippen LogP contribution in [0.5, 0.6) is 0 Å². The van der Waals surface area contributed by atoms with Gasteiger partial charge in [-0.2, -0.15) is 0 Å². The number of unbranched alkanes of at least 4 members (excludes halogenated alkanes) is 3. The standard InChI is InChI=1S/C22H35N3O4/c1-2-3-4-5-8-24(10-9-23-11-14-28-15-12-23)22(27)19-16-21(26)25(17-19)18-20-7-6-13-29-20/h6-7,13,19H,2-5,8-12,14-18H2,1H3. The average molecular weight is 406 g/mol. The molecular weight excluding hydrogens is 370 g/mol. The van der Waals surface area contributed by atoms with Crippen molar-refractivity contribution in [2.45, 2.75) is 45.6 Å². The summed E-state index contributed by atoms with van der Waals surface area (Å²) >= 11 is 0. The summed E-state index contributed by atoms with van der Waals surface area (Å²) in [5, 5.41) is 0. The molecule has 1 aromatic heterocycles. The van der Waals surface area contributed by atoms with Gasteiger partial charge in [0.2, 0.25) is 11.8 Å². The first kappa shape index (κ1) is 21.8. The smallest absolute Gasteiger partial charge is 0.228 e. The third-order valence-electron chi connectivity index (χ3n) is 5.87. The van der Waals surface area contributed by atoms with Crippen LogP contribution in [-0.2, 0) is 20.9 Å². The molecule has 2 aliphatic heterocycles. The molecule has 0 saturated carbocycles. The van der Waals surface area contributed by atoms with Crippen LogP contribution in [0.1, 0.15) is 44.8 Å².